The summed E-state index contributed by atoms with van der Waals surface area (Å²) in [6.07, 6.45) is 0.888. The lowest BCUT2D eigenvalue weighted by Crippen LogP contribution is -2.50. The predicted octanol–water partition coefficient (Wildman–Crippen LogP) is 3.62. The van der Waals surface area contributed by atoms with Crippen LogP contribution in [0.25, 0.3) is 0 Å². The van der Waals surface area contributed by atoms with Gasteiger partial charge in [-0.2, -0.15) is 0 Å². The molecule has 1 heterocycles. The van der Waals surface area contributed by atoms with E-state index in [1.807, 2.05) is 36.9 Å². The number of amides is 2. The van der Waals surface area contributed by atoms with Crippen molar-refractivity contribution in [1.29, 1.82) is 0 Å². The molecule has 0 radical (unpaired) electrons. The molecule has 2 N–H and O–H groups in total. The number of para-hydroxylation sites is 1. The van der Waals surface area contributed by atoms with Gasteiger partial charge in [-0.25, -0.2) is 8.78 Å². The Balaban J connectivity index is 1.48. The lowest BCUT2D eigenvalue weighted by atomic mass is 9.88. The number of rotatable bonds is 7. The smallest absolute Gasteiger partial charge is 0.243 e. The Morgan fingerprint density at radius 3 is 2.33 bits per heavy atom. The van der Waals surface area contributed by atoms with Crippen molar-refractivity contribution in [1.82, 2.24) is 10.2 Å². The summed E-state index contributed by atoms with van der Waals surface area (Å²) >= 11 is 0. The van der Waals surface area contributed by atoms with Crippen molar-refractivity contribution < 1.29 is 23.2 Å². The number of carbonyl (C=O) groups excluding carboxylic acids is 3. The molecule has 1 aliphatic heterocycles. The predicted molar refractivity (Wildman–Crippen MR) is 122 cm³/mol. The van der Waals surface area contributed by atoms with Crippen LogP contribution in [0.15, 0.2) is 36.4 Å². The zero-order valence-electron chi connectivity index (χ0n) is 19.1. The van der Waals surface area contributed by atoms with E-state index in [1.165, 1.54) is 0 Å². The maximum Gasteiger partial charge on any atom is 0.243 e. The van der Waals surface area contributed by atoms with Gasteiger partial charge in [-0.3, -0.25) is 19.3 Å². The fourth-order valence-corrected chi connectivity index (χ4v) is 4.13. The first-order valence-corrected chi connectivity index (χ1v) is 11.0. The van der Waals surface area contributed by atoms with Crippen LogP contribution in [0.1, 0.15) is 41.3 Å². The van der Waals surface area contributed by atoms with E-state index in [0.29, 0.717) is 25.9 Å². The van der Waals surface area contributed by atoms with E-state index in [1.54, 1.807) is 6.92 Å². The summed E-state index contributed by atoms with van der Waals surface area (Å²) in [5.41, 5.74) is 2.40. The average molecular weight is 458 g/mol. The molecule has 0 aliphatic carbocycles. The van der Waals surface area contributed by atoms with Crippen LogP contribution < -0.4 is 10.6 Å². The van der Waals surface area contributed by atoms with Gasteiger partial charge in [0, 0.05) is 11.6 Å². The van der Waals surface area contributed by atoms with Crippen LogP contribution in [0, 0.1) is 31.4 Å². The zero-order valence-corrected chi connectivity index (χ0v) is 19.1. The second kappa shape index (κ2) is 10.7. The number of Topliss-reactive ketones (excluding diaryl/α,β-unsaturated/α-hetero) is 1. The van der Waals surface area contributed by atoms with Gasteiger partial charge in [-0.1, -0.05) is 18.2 Å². The molecule has 0 saturated carbocycles. The topological polar surface area (TPSA) is 78.5 Å². The minimum Gasteiger partial charge on any atom is -0.346 e. The summed E-state index contributed by atoms with van der Waals surface area (Å²) in [7, 11) is 0. The minimum absolute atomic E-state index is 0.148. The van der Waals surface area contributed by atoms with Crippen molar-refractivity contribution in [3.63, 3.8) is 0 Å². The van der Waals surface area contributed by atoms with E-state index in [4.69, 9.17) is 0 Å². The first kappa shape index (κ1) is 24.5. The largest absolute Gasteiger partial charge is 0.346 e. The third-order valence-electron chi connectivity index (χ3n) is 6.19. The highest BCUT2D eigenvalue weighted by Crippen LogP contribution is 2.25. The van der Waals surface area contributed by atoms with Gasteiger partial charge in [0.25, 0.3) is 0 Å². The number of halogens is 2. The van der Waals surface area contributed by atoms with Crippen LogP contribution in [0.3, 0.4) is 0 Å². The second-order valence-electron chi connectivity index (χ2n) is 8.51. The minimum atomic E-state index is -0.726. The van der Waals surface area contributed by atoms with Crippen LogP contribution in [0.4, 0.5) is 14.5 Å². The molecular formula is C25H29F2N3O3. The van der Waals surface area contributed by atoms with Crippen molar-refractivity contribution in [2.75, 3.05) is 25.0 Å². The van der Waals surface area contributed by atoms with Gasteiger partial charge >= 0.3 is 0 Å². The summed E-state index contributed by atoms with van der Waals surface area (Å²) < 4.78 is 27.4. The summed E-state index contributed by atoms with van der Waals surface area (Å²) in [6, 6.07) is 8.11. The van der Waals surface area contributed by atoms with Crippen molar-refractivity contribution in [2.45, 2.75) is 39.7 Å². The highest BCUT2D eigenvalue weighted by atomic mass is 19.1. The molecule has 0 spiro atoms. The molecule has 6 nitrogen and oxygen atoms in total. The third kappa shape index (κ3) is 6.01. The first-order valence-electron chi connectivity index (χ1n) is 11.0. The average Bonchev–Trinajstić information content (AvgIpc) is 2.80. The molecule has 176 valence electrons. The van der Waals surface area contributed by atoms with Gasteiger partial charge in [0.05, 0.1) is 18.2 Å². The van der Waals surface area contributed by atoms with Crippen molar-refractivity contribution in [2.24, 2.45) is 5.92 Å². The molecular weight excluding hydrogens is 428 g/mol. The molecule has 2 amide bonds. The normalized spacial score (nSPS) is 15.7. The van der Waals surface area contributed by atoms with Crippen LogP contribution in [-0.4, -0.2) is 48.2 Å². The van der Waals surface area contributed by atoms with Crippen LogP contribution in [-0.2, 0) is 9.59 Å². The molecule has 2 aromatic rings. The van der Waals surface area contributed by atoms with E-state index in [9.17, 15) is 23.2 Å². The Bertz CT molecular complexity index is 1030. The van der Waals surface area contributed by atoms with Crippen molar-refractivity contribution in [3.8, 4) is 0 Å². The SMILES string of the molecule is Cc1cccc(C)c1NC(=O)CNC(=O)C(C)N1CCC(C(=O)c2cc(F)ccc2F)CC1. The van der Waals surface area contributed by atoms with Gasteiger partial charge in [-0.05, 0) is 76.0 Å². The van der Waals surface area contributed by atoms with E-state index in [2.05, 4.69) is 10.6 Å². The fraction of sp³-hybridized carbons (Fsp3) is 0.400. The first-order chi connectivity index (χ1) is 15.7. The monoisotopic (exact) mass is 457 g/mol. The van der Waals surface area contributed by atoms with E-state index < -0.39 is 29.4 Å². The van der Waals surface area contributed by atoms with Crippen LogP contribution >= 0.6 is 0 Å². The number of nitrogens with one attached hydrogen (secondary N) is 2. The highest BCUT2D eigenvalue weighted by molar-refractivity contribution is 5.98. The second-order valence-corrected chi connectivity index (χ2v) is 8.51. The van der Waals surface area contributed by atoms with Crippen LogP contribution in [0.5, 0.6) is 0 Å². The summed E-state index contributed by atoms with van der Waals surface area (Å²) in [4.78, 5) is 39.4. The van der Waals surface area contributed by atoms with Gasteiger partial charge in [0.15, 0.2) is 5.78 Å². The summed E-state index contributed by atoms with van der Waals surface area (Å²) in [6.45, 7) is 6.34. The quantitative estimate of drug-likeness (QED) is 0.623. The number of piperidine rings is 1. The number of hydrogen-bond donors (Lipinski definition) is 2. The number of hydrogen-bond acceptors (Lipinski definition) is 4. The number of aryl methyl sites for hydroxylation is 2. The maximum absolute atomic E-state index is 13.9. The van der Waals surface area contributed by atoms with Crippen molar-refractivity contribution >= 4 is 23.3 Å². The molecule has 2 aromatic carbocycles. The molecule has 1 unspecified atom stereocenters. The van der Waals surface area contributed by atoms with Crippen LogP contribution in [0.2, 0.25) is 0 Å². The number of ketones is 1. The Hall–Kier alpha value is -3.13. The van der Waals surface area contributed by atoms with Gasteiger partial charge < -0.3 is 10.6 Å². The fourth-order valence-electron chi connectivity index (χ4n) is 4.13. The molecule has 0 bridgehead atoms. The Labute approximate surface area is 192 Å². The number of likely N-dealkylation sites (tertiary alicyclic amines) is 1. The number of carbonyl (C=O) groups is 3. The van der Waals surface area contributed by atoms with Gasteiger partial charge in [-0.15, -0.1) is 0 Å². The molecule has 1 saturated heterocycles. The third-order valence-corrected chi connectivity index (χ3v) is 6.19. The Morgan fingerprint density at radius 1 is 1.06 bits per heavy atom. The summed E-state index contributed by atoms with van der Waals surface area (Å²) in [5.74, 6) is -2.80. The Morgan fingerprint density at radius 2 is 1.70 bits per heavy atom. The van der Waals surface area contributed by atoms with E-state index in [-0.39, 0.29) is 23.9 Å². The molecule has 8 heteroatoms. The lowest BCUT2D eigenvalue weighted by molar-refractivity contribution is -0.128. The Kier molecular flexibility index (Phi) is 7.92. The molecule has 1 atom stereocenters. The van der Waals surface area contributed by atoms with Crippen molar-refractivity contribution in [3.05, 3.63) is 64.7 Å². The number of anilines is 1. The summed E-state index contributed by atoms with van der Waals surface area (Å²) in [5, 5.41) is 5.49. The molecule has 1 fully saturated rings. The zero-order chi connectivity index (χ0) is 24.1. The number of benzene rings is 2. The van der Waals surface area contributed by atoms with E-state index >= 15 is 0 Å². The molecule has 3 rings (SSSR count). The maximum atomic E-state index is 13.9. The van der Waals surface area contributed by atoms with Gasteiger partial charge in [0.2, 0.25) is 11.8 Å². The van der Waals surface area contributed by atoms with Gasteiger partial charge in [0.1, 0.15) is 11.6 Å². The highest BCUT2D eigenvalue weighted by Gasteiger charge is 2.31. The lowest BCUT2D eigenvalue weighted by Gasteiger charge is -2.34. The molecule has 33 heavy (non-hydrogen) atoms. The van der Waals surface area contributed by atoms with E-state index in [0.717, 1.165) is 35.0 Å². The standard InChI is InChI=1S/C25H29F2N3O3/c1-15-5-4-6-16(2)23(15)29-22(31)14-28-25(33)17(3)30-11-9-18(10-12-30)24(32)20-13-19(26)7-8-21(20)27/h4-8,13,17-18H,9-12,14H2,1-3H3,(H,28,33)(H,29,31). The molecule has 1 aliphatic rings. The number of nitrogens with zero attached hydrogens (tertiary/aromatic N) is 1. The molecule has 0 aromatic heterocycles.